The number of halogens is 1. The van der Waals surface area contributed by atoms with Crippen LogP contribution in [0.2, 0.25) is 0 Å². The van der Waals surface area contributed by atoms with Crippen molar-refractivity contribution >= 4 is 36.8 Å². The van der Waals surface area contributed by atoms with Gasteiger partial charge in [-0.05, 0) is 57.4 Å². The van der Waals surface area contributed by atoms with E-state index in [4.69, 9.17) is 8.92 Å². The number of fused-ring (bicyclic) bond motifs is 1. The van der Waals surface area contributed by atoms with Gasteiger partial charge in [0.15, 0.2) is 0 Å². The summed E-state index contributed by atoms with van der Waals surface area (Å²) in [5.74, 6) is 0.752. The predicted molar refractivity (Wildman–Crippen MR) is 102 cm³/mol. The molecule has 0 amide bonds. The van der Waals surface area contributed by atoms with Crippen molar-refractivity contribution in [2.24, 2.45) is 0 Å². The van der Waals surface area contributed by atoms with Crippen LogP contribution in [0.25, 0.3) is 10.8 Å². The van der Waals surface area contributed by atoms with Crippen molar-refractivity contribution in [1.29, 1.82) is 0 Å². The second kappa shape index (κ2) is 7.45. The maximum absolute atomic E-state index is 12.6. The van der Waals surface area contributed by atoms with E-state index in [1.54, 1.807) is 18.2 Å². The van der Waals surface area contributed by atoms with Crippen LogP contribution < -0.4 is 8.92 Å². The SMILES string of the molecule is CCCOc1cc(S(=O)(=O)Oc2ccc3ccccc3c2)ccc1Br. The molecule has 0 unspecified atom stereocenters. The standard InChI is InChI=1S/C19H17BrO4S/c1-2-11-23-19-13-17(9-10-18(19)20)25(21,22)24-16-8-7-14-5-3-4-6-15(14)12-16/h3-10,12-13H,2,11H2,1H3. The Morgan fingerprint density at radius 2 is 1.72 bits per heavy atom. The Kier molecular flexibility index (Phi) is 5.30. The zero-order chi connectivity index (χ0) is 17.9. The lowest BCUT2D eigenvalue weighted by molar-refractivity contribution is 0.314. The van der Waals surface area contributed by atoms with Gasteiger partial charge in [0.2, 0.25) is 0 Å². The van der Waals surface area contributed by atoms with Crippen LogP contribution in [0.3, 0.4) is 0 Å². The summed E-state index contributed by atoms with van der Waals surface area (Å²) < 4.78 is 36.7. The van der Waals surface area contributed by atoms with Crippen LogP contribution in [0.15, 0.2) is 70.0 Å². The highest BCUT2D eigenvalue weighted by Crippen LogP contribution is 2.30. The monoisotopic (exact) mass is 420 g/mol. The predicted octanol–water partition coefficient (Wildman–Crippen LogP) is 5.16. The smallest absolute Gasteiger partial charge is 0.339 e. The number of rotatable bonds is 6. The van der Waals surface area contributed by atoms with Gasteiger partial charge in [-0.15, -0.1) is 0 Å². The van der Waals surface area contributed by atoms with E-state index < -0.39 is 10.1 Å². The van der Waals surface area contributed by atoms with Gasteiger partial charge in [-0.3, -0.25) is 0 Å². The molecule has 3 aromatic rings. The largest absolute Gasteiger partial charge is 0.492 e. The second-order valence-corrected chi connectivity index (χ2v) is 7.89. The fourth-order valence-corrected chi connectivity index (χ4v) is 3.66. The van der Waals surface area contributed by atoms with Crippen molar-refractivity contribution in [3.8, 4) is 11.5 Å². The minimum atomic E-state index is -3.95. The van der Waals surface area contributed by atoms with Gasteiger partial charge in [-0.2, -0.15) is 8.42 Å². The first kappa shape index (κ1) is 17.8. The molecule has 0 spiro atoms. The molecule has 0 aromatic heterocycles. The zero-order valence-corrected chi connectivity index (χ0v) is 16.0. The van der Waals surface area contributed by atoms with Crippen LogP contribution in [0.5, 0.6) is 11.5 Å². The van der Waals surface area contributed by atoms with Crippen molar-refractivity contribution in [3.63, 3.8) is 0 Å². The molecular formula is C19H17BrO4S. The van der Waals surface area contributed by atoms with Gasteiger partial charge in [0.25, 0.3) is 0 Å². The van der Waals surface area contributed by atoms with Gasteiger partial charge in [0, 0.05) is 6.07 Å². The van der Waals surface area contributed by atoms with Crippen LogP contribution in [-0.2, 0) is 10.1 Å². The minimum absolute atomic E-state index is 0.0509. The van der Waals surface area contributed by atoms with Crippen LogP contribution in [0.4, 0.5) is 0 Å². The molecule has 0 bridgehead atoms. The Labute approximate surface area is 155 Å². The highest BCUT2D eigenvalue weighted by Gasteiger charge is 2.19. The third-order valence-electron chi connectivity index (χ3n) is 3.58. The molecule has 6 heteroatoms. The summed E-state index contributed by atoms with van der Waals surface area (Å²) >= 11 is 3.36. The molecule has 130 valence electrons. The quantitative estimate of drug-likeness (QED) is 0.516. The third kappa shape index (κ3) is 4.14. The molecule has 25 heavy (non-hydrogen) atoms. The topological polar surface area (TPSA) is 52.6 Å². The highest BCUT2D eigenvalue weighted by atomic mass is 79.9. The van der Waals surface area contributed by atoms with E-state index in [2.05, 4.69) is 15.9 Å². The number of hydrogen-bond donors (Lipinski definition) is 0. The van der Waals surface area contributed by atoms with Crippen molar-refractivity contribution in [2.45, 2.75) is 18.2 Å². The van der Waals surface area contributed by atoms with Crippen LogP contribution in [-0.4, -0.2) is 15.0 Å². The summed E-state index contributed by atoms with van der Waals surface area (Å²) in [5, 5.41) is 1.93. The zero-order valence-electron chi connectivity index (χ0n) is 13.6. The molecule has 0 heterocycles. The summed E-state index contributed by atoms with van der Waals surface area (Å²) in [6.45, 7) is 2.49. The van der Waals surface area contributed by atoms with E-state index in [0.29, 0.717) is 16.8 Å². The van der Waals surface area contributed by atoms with E-state index >= 15 is 0 Å². The molecule has 0 radical (unpaired) electrons. The lowest BCUT2D eigenvalue weighted by Crippen LogP contribution is -2.10. The number of hydrogen-bond acceptors (Lipinski definition) is 4. The van der Waals surface area contributed by atoms with E-state index in [-0.39, 0.29) is 10.6 Å². The molecule has 3 rings (SSSR count). The van der Waals surface area contributed by atoms with Gasteiger partial charge in [0.1, 0.15) is 16.4 Å². The summed E-state index contributed by atoms with van der Waals surface area (Å²) in [7, 11) is -3.95. The first-order chi connectivity index (χ1) is 12.0. The lowest BCUT2D eigenvalue weighted by Gasteiger charge is -2.11. The number of ether oxygens (including phenoxy) is 1. The molecule has 0 aliphatic carbocycles. The first-order valence-corrected chi connectivity index (χ1v) is 10.1. The minimum Gasteiger partial charge on any atom is -0.492 e. The van der Waals surface area contributed by atoms with E-state index in [9.17, 15) is 8.42 Å². The van der Waals surface area contributed by atoms with Gasteiger partial charge < -0.3 is 8.92 Å². The molecule has 0 saturated carbocycles. The Morgan fingerprint density at radius 1 is 0.960 bits per heavy atom. The van der Waals surface area contributed by atoms with Gasteiger partial charge in [-0.1, -0.05) is 37.3 Å². The normalized spacial score (nSPS) is 11.4. The molecule has 0 N–H and O–H groups in total. The maximum Gasteiger partial charge on any atom is 0.339 e. The van der Waals surface area contributed by atoms with E-state index in [0.717, 1.165) is 17.2 Å². The van der Waals surface area contributed by atoms with E-state index in [1.165, 1.54) is 12.1 Å². The van der Waals surface area contributed by atoms with Crippen LogP contribution >= 0.6 is 15.9 Å². The lowest BCUT2D eigenvalue weighted by atomic mass is 10.1. The van der Waals surface area contributed by atoms with Crippen molar-refractivity contribution < 1.29 is 17.3 Å². The molecule has 0 aliphatic rings. The van der Waals surface area contributed by atoms with Crippen molar-refractivity contribution in [3.05, 3.63) is 65.1 Å². The molecule has 0 atom stereocenters. The Balaban J connectivity index is 1.90. The molecule has 0 saturated heterocycles. The summed E-state index contributed by atoms with van der Waals surface area (Å²) in [6.07, 6.45) is 0.830. The molecule has 3 aromatic carbocycles. The maximum atomic E-state index is 12.6. The Bertz CT molecular complexity index is 999. The van der Waals surface area contributed by atoms with Crippen molar-refractivity contribution in [1.82, 2.24) is 0 Å². The summed E-state index contributed by atoms with van der Waals surface area (Å²) in [6, 6.07) is 17.5. The Hall–Kier alpha value is -2.05. The highest BCUT2D eigenvalue weighted by molar-refractivity contribution is 9.10. The molecular weight excluding hydrogens is 404 g/mol. The number of benzene rings is 3. The molecule has 0 aliphatic heterocycles. The van der Waals surface area contributed by atoms with Crippen molar-refractivity contribution in [2.75, 3.05) is 6.61 Å². The van der Waals surface area contributed by atoms with Gasteiger partial charge in [-0.25, -0.2) is 0 Å². The second-order valence-electron chi connectivity index (χ2n) is 5.49. The Morgan fingerprint density at radius 3 is 2.48 bits per heavy atom. The third-order valence-corrected chi connectivity index (χ3v) is 5.48. The summed E-state index contributed by atoms with van der Waals surface area (Å²) in [5.41, 5.74) is 0. The van der Waals surface area contributed by atoms with Gasteiger partial charge >= 0.3 is 10.1 Å². The fraction of sp³-hybridized carbons (Fsp3) is 0.158. The van der Waals surface area contributed by atoms with Gasteiger partial charge in [0.05, 0.1) is 11.1 Å². The van der Waals surface area contributed by atoms with E-state index in [1.807, 2.05) is 37.3 Å². The first-order valence-electron chi connectivity index (χ1n) is 7.85. The molecule has 0 fully saturated rings. The molecule has 4 nitrogen and oxygen atoms in total. The summed E-state index contributed by atoms with van der Waals surface area (Å²) in [4.78, 5) is 0.0509. The average molecular weight is 421 g/mol. The van der Waals surface area contributed by atoms with Crippen LogP contribution in [0, 0.1) is 0 Å². The fourth-order valence-electron chi connectivity index (χ4n) is 2.36. The van der Waals surface area contributed by atoms with Crippen LogP contribution in [0.1, 0.15) is 13.3 Å². The average Bonchev–Trinajstić information content (AvgIpc) is 2.60.